The van der Waals surface area contributed by atoms with Crippen molar-refractivity contribution >= 4 is 22.6 Å². The molecule has 0 aliphatic carbocycles. The van der Waals surface area contributed by atoms with Crippen molar-refractivity contribution in [2.45, 2.75) is 13.0 Å². The van der Waals surface area contributed by atoms with E-state index in [4.69, 9.17) is 0 Å². The number of benzene rings is 2. The van der Waals surface area contributed by atoms with Crippen molar-refractivity contribution in [3.8, 4) is 0 Å². The molecule has 2 aromatic carbocycles. The minimum Gasteiger partial charge on any atom is -0.292 e. The highest BCUT2D eigenvalue weighted by atomic mass is 127. The summed E-state index contributed by atoms with van der Waals surface area (Å²) in [7, 11) is 0. The lowest BCUT2D eigenvalue weighted by molar-refractivity contribution is 0.673. The summed E-state index contributed by atoms with van der Waals surface area (Å²) in [4.78, 5) is 26.7. The molecule has 3 rings (SSSR count). The van der Waals surface area contributed by atoms with E-state index in [1.165, 1.54) is 0 Å². The van der Waals surface area contributed by atoms with E-state index >= 15 is 0 Å². The minimum absolute atomic E-state index is 0.328. The first-order valence-electron chi connectivity index (χ1n) is 7.24. The fourth-order valence-electron chi connectivity index (χ4n) is 2.49. The number of nitrogens with zero attached hydrogens (tertiary/aromatic N) is 1. The molecule has 1 N–H and O–H groups in total. The molecule has 1 heterocycles. The van der Waals surface area contributed by atoms with Crippen LogP contribution in [0.4, 0.5) is 0 Å². The van der Waals surface area contributed by atoms with Crippen LogP contribution in [0.5, 0.6) is 0 Å². The molecule has 116 valence electrons. The predicted molar refractivity (Wildman–Crippen MR) is 98.8 cm³/mol. The van der Waals surface area contributed by atoms with Gasteiger partial charge in [-0.25, -0.2) is 4.79 Å². The quantitative estimate of drug-likeness (QED) is 0.663. The Kier molecular flexibility index (Phi) is 4.76. The lowest BCUT2D eigenvalue weighted by Gasteiger charge is -2.14. The topological polar surface area (TPSA) is 54.9 Å². The molecule has 0 saturated heterocycles. The molecule has 1 aromatic heterocycles. The Morgan fingerprint density at radius 1 is 0.870 bits per heavy atom. The van der Waals surface area contributed by atoms with Gasteiger partial charge in [-0.3, -0.25) is 14.3 Å². The lowest BCUT2D eigenvalue weighted by Crippen LogP contribution is -2.35. The van der Waals surface area contributed by atoms with Crippen LogP contribution < -0.4 is 11.2 Å². The Balaban J connectivity index is 2.09. The van der Waals surface area contributed by atoms with Crippen LogP contribution in [0.3, 0.4) is 0 Å². The summed E-state index contributed by atoms with van der Waals surface area (Å²) in [5.74, 6) is 0. The molecule has 0 fully saturated rings. The summed E-state index contributed by atoms with van der Waals surface area (Å²) < 4.78 is 2.20. The second-order valence-electron chi connectivity index (χ2n) is 5.25. The van der Waals surface area contributed by atoms with Crippen molar-refractivity contribution in [3.63, 3.8) is 0 Å². The molecule has 5 heteroatoms. The highest BCUT2D eigenvalue weighted by Crippen LogP contribution is 2.13. The molecule has 4 nitrogen and oxygen atoms in total. The number of hydrogen-bond acceptors (Lipinski definition) is 2. The molecule has 0 unspecified atom stereocenters. The maximum absolute atomic E-state index is 12.3. The molecule has 0 radical (unpaired) electrons. The SMILES string of the molecule is O=c1[nH]c(=O)n(Cc2ccccc2)c(Cc2ccccc2)c1I. The maximum Gasteiger partial charge on any atom is 0.328 e. The van der Waals surface area contributed by atoms with Gasteiger partial charge in [0.2, 0.25) is 0 Å². The molecule has 23 heavy (non-hydrogen) atoms. The van der Waals surface area contributed by atoms with Gasteiger partial charge in [-0.05, 0) is 33.7 Å². The van der Waals surface area contributed by atoms with Crippen LogP contribution in [0.25, 0.3) is 0 Å². The molecule has 0 amide bonds. The summed E-state index contributed by atoms with van der Waals surface area (Å²) in [6.45, 7) is 0.439. The van der Waals surface area contributed by atoms with Crippen LogP contribution in [0.15, 0.2) is 70.3 Å². The van der Waals surface area contributed by atoms with Crippen molar-refractivity contribution in [2.75, 3.05) is 0 Å². The second kappa shape index (κ2) is 6.95. The van der Waals surface area contributed by atoms with E-state index in [0.717, 1.165) is 16.8 Å². The maximum atomic E-state index is 12.3. The van der Waals surface area contributed by atoms with E-state index in [1.54, 1.807) is 4.57 Å². The van der Waals surface area contributed by atoms with Gasteiger partial charge >= 0.3 is 5.69 Å². The van der Waals surface area contributed by atoms with Gasteiger partial charge in [-0.15, -0.1) is 0 Å². The Morgan fingerprint density at radius 3 is 2.04 bits per heavy atom. The van der Waals surface area contributed by atoms with Gasteiger partial charge in [0, 0.05) is 12.1 Å². The van der Waals surface area contributed by atoms with E-state index in [1.807, 2.05) is 83.3 Å². The van der Waals surface area contributed by atoms with Gasteiger partial charge < -0.3 is 0 Å². The first-order chi connectivity index (χ1) is 11.1. The number of aromatic amines is 1. The zero-order valence-corrected chi connectivity index (χ0v) is 14.5. The highest BCUT2D eigenvalue weighted by Gasteiger charge is 2.13. The Labute approximate surface area is 147 Å². The van der Waals surface area contributed by atoms with E-state index in [9.17, 15) is 9.59 Å². The predicted octanol–water partition coefficient (Wildman–Crippen LogP) is 2.78. The first-order valence-corrected chi connectivity index (χ1v) is 8.32. The van der Waals surface area contributed by atoms with E-state index in [0.29, 0.717) is 16.5 Å². The number of hydrogen-bond donors (Lipinski definition) is 1. The fourth-order valence-corrected chi connectivity index (χ4v) is 3.10. The van der Waals surface area contributed by atoms with Crippen molar-refractivity contribution in [3.05, 3.63) is 102 Å². The summed E-state index contributed by atoms with van der Waals surface area (Å²) >= 11 is 2.01. The Bertz CT molecular complexity index is 915. The summed E-state index contributed by atoms with van der Waals surface area (Å²) in [6.07, 6.45) is 0.547. The van der Waals surface area contributed by atoms with E-state index < -0.39 is 0 Å². The average molecular weight is 418 g/mol. The molecular weight excluding hydrogens is 403 g/mol. The van der Waals surface area contributed by atoms with Crippen LogP contribution in [0, 0.1) is 3.57 Å². The van der Waals surface area contributed by atoms with Crippen LogP contribution in [-0.4, -0.2) is 9.55 Å². The summed E-state index contributed by atoms with van der Waals surface area (Å²) in [6, 6.07) is 19.6. The molecule has 3 aromatic rings. The van der Waals surface area contributed by atoms with Crippen molar-refractivity contribution in [1.82, 2.24) is 9.55 Å². The van der Waals surface area contributed by atoms with Crippen LogP contribution >= 0.6 is 22.6 Å². The molecule has 0 bridgehead atoms. The van der Waals surface area contributed by atoms with Gasteiger partial charge in [0.15, 0.2) is 0 Å². The van der Waals surface area contributed by atoms with Crippen molar-refractivity contribution in [1.29, 1.82) is 0 Å². The smallest absolute Gasteiger partial charge is 0.292 e. The lowest BCUT2D eigenvalue weighted by atomic mass is 10.1. The molecule has 0 spiro atoms. The normalized spacial score (nSPS) is 10.7. The Morgan fingerprint density at radius 2 is 1.43 bits per heavy atom. The molecule has 0 aliphatic heterocycles. The fraction of sp³-hybridized carbons (Fsp3) is 0.111. The number of nitrogens with one attached hydrogen (secondary N) is 1. The minimum atomic E-state index is -0.370. The van der Waals surface area contributed by atoms with Crippen molar-refractivity contribution in [2.24, 2.45) is 0 Å². The third-order valence-electron chi connectivity index (χ3n) is 3.64. The number of halogens is 1. The molecule has 0 saturated carbocycles. The largest absolute Gasteiger partial charge is 0.328 e. The van der Waals surface area contributed by atoms with Gasteiger partial charge in [0.05, 0.1) is 10.1 Å². The van der Waals surface area contributed by atoms with Gasteiger partial charge in [0.25, 0.3) is 5.56 Å². The molecule has 0 aliphatic rings. The van der Waals surface area contributed by atoms with Gasteiger partial charge in [-0.1, -0.05) is 60.7 Å². The average Bonchev–Trinajstić information content (AvgIpc) is 2.58. The number of rotatable bonds is 4. The molecule has 0 atom stereocenters. The van der Waals surface area contributed by atoms with Crippen LogP contribution in [0.2, 0.25) is 0 Å². The molecular formula is C18H15IN2O2. The van der Waals surface area contributed by atoms with Crippen LogP contribution in [0.1, 0.15) is 16.8 Å². The van der Waals surface area contributed by atoms with Gasteiger partial charge in [-0.2, -0.15) is 0 Å². The summed E-state index contributed by atoms with van der Waals surface area (Å²) in [5.41, 5.74) is 2.13. The third kappa shape index (κ3) is 3.61. The van der Waals surface area contributed by atoms with E-state index in [-0.39, 0.29) is 11.2 Å². The van der Waals surface area contributed by atoms with E-state index in [2.05, 4.69) is 4.98 Å². The van der Waals surface area contributed by atoms with Crippen LogP contribution in [-0.2, 0) is 13.0 Å². The van der Waals surface area contributed by atoms with Crippen molar-refractivity contribution < 1.29 is 0 Å². The standard InChI is InChI=1S/C18H15IN2O2/c19-16-15(11-13-7-3-1-4-8-13)21(18(23)20-17(16)22)12-14-9-5-2-6-10-14/h1-10H,11-12H2,(H,20,22,23). The zero-order valence-electron chi connectivity index (χ0n) is 12.3. The zero-order chi connectivity index (χ0) is 16.2. The number of H-pyrrole nitrogens is 1. The summed E-state index contributed by atoms with van der Waals surface area (Å²) in [5, 5.41) is 0. The Hall–Kier alpha value is -2.15. The highest BCUT2D eigenvalue weighted by molar-refractivity contribution is 14.1. The van der Waals surface area contributed by atoms with Gasteiger partial charge in [0.1, 0.15) is 0 Å². The second-order valence-corrected chi connectivity index (χ2v) is 6.33. The number of aromatic nitrogens is 2. The monoisotopic (exact) mass is 418 g/mol. The first kappa shape index (κ1) is 15.7. The third-order valence-corrected chi connectivity index (χ3v) is 4.75.